The molecule has 0 unspecified atom stereocenters. The van der Waals surface area contributed by atoms with Crippen LogP contribution in [0.25, 0.3) is 0 Å². The van der Waals surface area contributed by atoms with E-state index >= 15 is 0 Å². The number of nitrogens with two attached hydrogens (primary N) is 2. The molecule has 0 aromatic heterocycles. The number of piperidine rings is 1. The molecular weight excluding hydrogens is 252 g/mol. The van der Waals surface area contributed by atoms with Crippen molar-refractivity contribution < 1.29 is 4.79 Å². The van der Waals surface area contributed by atoms with Gasteiger partial charge in [0, 0.05) is 13.1 Å². The summed E-state index contributed by atoms with van der Waals surface area (Å²) in [5.74, 6) is 0.637. The number of guanidine groups is 1. The first-order chi connectivity index (χ1) is 9.65. The van der Waals surface area contributed by atoms with Gasteiger partial charge in [-0.05, 0) is 30.7 Å². The van der Waals surface area contributed by atoms with E-state index in [2.05, 4.69) is 29.3 Å². The molecule has 1 aliphatic heterocycles. The molecule has 1 aromatic rings. The Morgan fingerprint density at radius 2 is 1.85 bits per heavy atom. The normalized spacial score (nSPS) is 15.9. The van der Waals surface area contributed by atoms with Crippen LogP contribution in [-0.4, -0.2) is 36.4 Å². The predicted octanol–water partition coefficient (Wildman–Crippen LogP) is 0.741. The molecule has 0 aliphatic carbocycles. The molecule has 1 aromatic carbocycles. The number of rotatable bonds is 4. The molecule has 0 saturated carbocycles. The minimum atomic E-state index is -0.0303. The predicted molar refractivity (Wildman–Crippen MR) is 80.1 cm³/mol. The van der Waals surface area contributed by atoms with Crippen molar-refractivity contribution in [2.24, 2.45) is 22.4 Å². The largest absolute Gasteiger partial charge is 0.370 e. The molecule has 0 atom stereocenters. The number of likely N-dealkylation sites (tertiary alicyclic amines) is 1. The Labute approximate surface area is 119 Å². The van der Waals surface area contributed by atoms with E-state index in [1.165, 1.54) is 5.56 Å². The highest BCUT2D eigenvalue weighted by Gasteiger charge is 2.22. The number of carbonyl (C=O) groups excluding carboxylic acids is 1. The maximum Gasteiger partial charge on any atom is 0.244 e. The fraction of sp³-hybridized carbons (Fsp3) is 0.467. The summed E-state index contributed by atoms with van der Waals surface area (Å²) in [5.41, 5.74) is 11.8. The van der Waals surface area contributed by atoms with Crippen LogP contribution < -0.4 is 11.5 Å². The van der Waals surface area contributed by atoms with Gasteiger partial charge in [-0.1, -0.05) is 30.3 Å². The number of hydrogen-bond acceptors (Lipinski definition) is 2. The van der Waals surface area contributed by atoms with Gasteiger partial charge in [-0.2, -0.15) is 0 Å². The lowest BCUT2D eigenvalue weighted by Gasteiger charge is -2.31. The topological polar surface area (TPSA) is 84.7 Å². The Hall–Kier alpha value is -2.04. The number of nitrogens with zero attached hydrogens (tertiary/aromatic N) is 2. The van der Waals surface area contributed by atoms with Gasteiger partial charge in [-0.25, -0.2) is 4.99 Å². The van der Waals surface area contributed by atoms with Crippen molar-refractivity contribution >= 4 is 11.9 Å². The Bertz CT molecular complexity index is 460. The van der Waals surface area contributed by atoms with Crippen LogP contribution in [-0.2, 0) is 11.2 Å². The van der Waals surface area contributed by atoms with E-state index in [4.69, 9.17) is 11.5 Å². The van der Waals surface area contributed by atoms with Crippen molar-refractivity contribution in [1.29, 1.82) is 0 Å². The molecule has 5 heteroatoms. The second-order valence-electron chi connectivity index (χ2n) is 5.25. The molecule has 20 heavy (non-hydrogen) atoms. The standard InChI is InChI=1S/C15H22N4O/c16-15(17)18-11-14(20)19-8-6-13(7-9-19)10-12-4-2-1-3-5-12/h1-5,13H,6-11H2,(H4,16,17,18). The molecule has 108 valence electrons. The van der Waals surface area contributed by atoms with Gasteiger partial charge >= 0.3 is 0 Å². The lowest BCUT2D eigenvalue weighted by molar-refractivity contribution is -0.130. The molecule has 1 aliphatic rings. The molecule has 1 saturated heterocycles. The summed E-state index contributed by atoms with van der Waals surface area (Å²) in [6, 6.07) is 10.5. The average molecular weight is 274 g/mol. The van der Waals surface area contributed by atoms with Crippen molar-refractivity contribution in [3.05, 3.63) is 35.9 Å². The fourth-order valence-electron chi connectivity index (χ4n) is 2.59. The highest BCUT2D eigenvalue weighted by Crippen LogP contribution is 2.21. The SMILES string of the molecule is NC(N)=NCC(=O)N1CCC(Cc2ccccc2)CC1. The summed E-state index contributed by atoms with van der Waals surface area (Å²) >= 11 is 0. The number of amides is 1. The first kappa shape index (κ1) is 14.4. The molecule has 5 nitrogen and oxygen atoms in total. The van der Waals surface area contributed by atoms with Crippen molar-refractivity contribution in [2.45, 2.75) is 19.3 Å². The summed E-state index contributed by atoms with van der Waals surface area (Å²) in [7, 11) is 0. The summed E-state index contributed by atoms with van der Waals surface area (Å²) in [4.78, 5) is 17.5. The second kappa shape index (κ2) is 6.93. The minimum Gasteiger partial charge on any atom is -0.370 e. The average Bonchev–Trinajstić information content (AvgIpc) is 2.46. The molecule has 1 fully saturated rings. The van der Waals surface area contributed by atoms with Gasteiger partial charge in [0.1, 0.15) is 6.54 Å². The van der Waals surface area contributed by atoms with Crippen LogP contribution >= 0.6 is 0 Å². The first-order valence-electron chi connectivity index (χ1n) is 7.02. The van der Waals surface area contributed by atoms with Crippen LogP contribution in [0.1, 0.15) is 18.4 Å². The van der Waals surface area contributed by atoms with Crippen LogP contribution in [0.4, 0.5) is 0 Å². The lowest BCUT2D eigenvalue weighted by atomic mass is 9.90. The Morgan fingerprint density at radius 3 is 2.45 bits per heavy atom. The van der Waals surface area contributed by atoms with E-state index in [-0.39, 0.29) is 18.4 Å². The highest BCUT2D eigenvalue weighted by atomic mass is 16.2. The van der Waals surface area contributed by atoms with Gasteiger partial charge in [-0.3, -0.25) is 4.79 Å². The van der Waals surface area contributed by atoms with Gasteiger partial charge < -0.3 is 16.4 Å². The fourth-order valence-corrected chi connectivity index (χ4v) is 2.59. The van der Waals surface area contributed by atoms with E-state index in [1.54, 1.807) is 0 Å². The Morgan fingerprint density at radius 1 is 1.20 bits per heavy atom. The number of benzene rings is 1. The lowest BCUT2D eigenvalue weighted by Crippen LogP contribution is -2.40. The van der Waals surface area contributed by atoms with Crippen LogP contribution in [0.3, 0.4) is 0 Å². The maximum absolute atomic E-state index is 11.9. The Kier molecular flexibility index (Phi) is 4.98. The van der Waals surface area contributed by atoms with E-state index in [9.17, 15) is 4.79 Å². The van der Waals surface area contributed by atoms with Crippen molar-refractivity contribution in [2.75, 3.05) is 19.6 Å². The minimum absolute atomic E-state index is 0.0107. The molecule has 2 rings (SSSR count). The molecular formula is C15H22N4O. The van der Waals surface area contributed by atoms with Crippen LogP contribution in [0.5, 0.6) is 0 Å². The van der Waals surface area contributed by atoms with E-state index < -0.39 is 0 Å². The molecule has 0 spiro atoms. The molecule has 4 N–H and O–H groups in total. The summed E-state index contributed by atoms with van der Waals surface area (Å²) in [6.45, 7) is 1.67. The third-order valence-electron chi connectivity index (χ3n) is 3.73. The summed E-state index contributed by atoms with van der Waals surface area (Å²) < 4.78 is 0. The number of carbonyl (C=O) groups is 1. The monoisotopic (exact) mass is 274 g/mol. The van der Waals surface area contributed by atoms with Crippen LogP contribution in [0.2, 0.25) is 0 Å². The zero-order chi connectivity index (χ0) is 14.4. The van der Waals surface area contributed by atoms with Gasteiger partial charge in [0.25, 0.3) is 0 Å². The molecule has 0 bridgehead atoms. The van der Waals surface area contributed by atoms with Gasteiger partial charge in [0.05, 0.1) is 0 Å². The number of hydrogen-bond donors (Lipinski definition) is 2. The number of aliphatic imine (C=N–C) groups is 1. The third-order valence-corrected chi connectivity index (χ3v) is 3.73. The van der Waals surface area contributed by atoms with Gasteiger partial charge in [-0.15, -0.1) is 0 Å². The van der Waals surface area contributed by atoms with Crippen LogP contribution in [0.15, 0.2) is 35.3 Å². The maximum atomic E-state index is 11.9. The van der Waals surface area contributed by atoms with E-state index in [0.717, 1.165) is 32.4 Å². The van der Waals surface area contributed by atoms with E-state index in [1.807, 2.05) is 11.0 Å². The third kappa shape index (κ3) is 4.26. The highest BCUT2D eigenvalue weighted by molar-refractivity contribution is 5.83. The van der Waals surface area contributed by atoms with Crippen LogP contribution in [0, 0.1) is 5.92 Å². The molecule has 1 heterocycles. The quantitative estimate of drug-likeness (QED) is 0.627. The second-order valence-corrected chi connectivity index (χ2v) is 5.25. The summed E-state index contributed by atoms with van der Waals surface area (Å²) in [5, 5.41) is 0. The van der Waals surface area contributed by atoms with Gasteiger partial charge in [0.15, 0.2) is 5.96 Å². The van der Waals surface area contributed by atoms with Gasteiger partial charge in [0.2, 0.25) is 5.91 Å². The Balaban J connectivity index is 1.78. The first-order valence-corrected chi connectivity index (χ1v) is 7.02. The molecule has 1 amide bonds. The van der Waals surface area contributed by atoms with Crippen molar-refractivity contribution in [1.82, 2.24) is 4.90 Å². The summed E-state index contributed by atoms with van der Waals surface area (Å²) in [6.07, 6.45) is 3.18. The zero-order valence-corrected chi connectivity index (χ0v) is 11.7. The van der Waals surface area contributed by atoms with Crippen molar-refractivity contribution in [3.63, 3.8) is 0 Å². The van der Waals surface area contributed by atoms with Crippen molar-refractivity contribution in [3.8, 4) is 0 Å². The smallest absolute Gasteiger partial charge is 0.244 e. The molecule has 0 radical (unpaired) electrons. The van der Waals surface area contributed by atoms with E-state index in [0.29, 0.717) is 5.92 Å². The zero-order valence-electron chi connectivity index (χ0n) is 11.7.